The van der Waals surface area contributed by atoms with Crippen LogP contribution in [0.15, 0.2) is 54.6 Å². The highest BCUT2D eigenvalue weighted by atomic mass is 15.0. The molecule has 1 aliphatic carbocycles. The molecule has 0 bridgehead atoms. The molecule has 4 rings (SSSR count). The molecule has 0 fully saturated rings. The highest BCUT2D eigenvalue weighted by molar-refractivity contribution is 5.72. The Labute approximate surface area is 107 Å². The first kappa shape index (κ1) is 9.95. The molecule has 88 valence electrons. The second kappa shape index (κ2) is 3.74. The fraction of sp³-hybridized carbons (Fsp3) is 0.176. The van der Waals surface area contributed by atoms with Crippen molar-refractivity contribution in [2.45, 2.75) is 18.4 Å². The second-order valence-corrected chi connectivity index (χ2v) is 5.09. The first-order chi connectivity index (χ1) is 8.93. The van der Waals surface area contributed by atoms with Gasteiger partial charge in [0.2, 0.25) is 0 Å². The molecule has 1 heterocycles. The molecule has 18 heavy (non-hydrogen) atoms. The van der Waals surface area contributed by atoms with Gasteiger partial charge in [0.1, 0.15) is 0 Å². The van der Waals surface area contributed by atoms with Crippen molar-refractivity contribution in [2.75, 3.05) is 5.32 Å². The van der Waals surface area contributed by atoms with E-state index in [9.17, 15) is 0 Å². The largest absolute Gasteiger partial charge is 0.377 e. The van der Waals surface area contributed by atoms with Gasteiger partial charge in [0, 0.05) is 11.6 Å². The summed E-state index contributed by atoms with van der Waals surface area (Å²) in [6.45, 7) is 0. The number of nitrogens with one attached hydrogen (secondary N) is 1. The molecule has 0 saturated carbocycles. The van der Waals surface area contributed by atoms with Gasteiger partial charge in [-0.3, -0.25) is 0 Å². The zero-order chi connectivity index (χ0) is 11.9. The van der Waals surface area contributed by atoms with Crippen molar-refractivity contribution in [1.29, 1.82) is 0 Å². The van der Waals surface area contributed by atoms with Crippen LogP contribution in [0, 0.1) is 0 Å². The van der Waals surface area contributed by atoms with Crippen LogP contribution in [0.2, 0.25) is 0 Å². The quantitative estimate of drug-likeness (QED) is 0.772. The first-order valence-corrected chi connectivity index (χ1v) is 6.54. The number of rotatable bonds is 1. The van der Waals surface area contributed by atoms with Crippen molar-refractivity contribution in [3.05, 3.63) is 71.3 Å². The van der Waals surface area contributed by atoms with Crippen LogP contribution in [0.3, 0.4) is 0 Å². The lowest BCUT2D eigenvalue weighted by Gasteiger charge is -2.22. The molecule has 2 aromatic carbocycles. The Bertz CT molecular complexity index is 613. The van der Waals surface area contributed by atoms with Crippen molar-refractivity contribution < 1.29 is 0 Å². The van der Waals surface area contributed by atoms with Crippen LogP contribution in [0.4, 0.5) is 5.69 Å². The van der Waals surface area contributed by atoms with E-state index in [1.165, 1.54) is 22.4 Å². The summed E-state index contributed by atoms with van der Waals surface area (Å²) >= 11 is 0. The highest BCUT2D eigenvalue weighted by Crippen LogP contribution is 2.49. The van der Waals surface area contributed by atoms with Gasteiger partial charge in [0.25, 0.3) is 0 Å². The smallest absolute Gasteiger partial charge is 0.0586 e. The maximum absolute atomic E-state index is 3.69. The van der Waals surface area contributed by atoms with Gasteiger partial charge >= 0.3 is 0 Å². The predicted octanol–water partition coefficient (Wildman–Crippen LogP) is 4.35. The van der Waals surface area contributed by atoms with Gasteiger partial charge in [-0.1, -0.05) is 54.6 Å². The molecule has 1 aliphatic heterocycles. The molecule has 0 amide bonds. The molecule has 1 nitrogen and oxygen atoms in total. The van der Waals surface area contributed by atoms with Crippen molar-refractivity contribution in [3.63, 3.8) is 0 Å². The number of hydrogen-bond acceptors (Lipinski definition) is 1. The Morgan fingerprint density at radius 1 is 0.944 bits per heavy atom. The third kappa shape index (κ3) is 1.34. The number of benzene rings is 2. The first-order valence-electron chi connectivity index (χ1n) is 6.54. The van der Waals surface area contributed by atoms with E-state index >= 15 is 0 Å². The van der Waals surface area contributed by atoms with Gasteiger partial charge in [-0.05, 0) is 29.2 Å². The lowest BCUT2D eigenvalue weighted by Crippen LogP contribution is -2.12. The Hall–Kier alpha value is -2.02. The normalized spacial score (nSPS) is 23.6. The summed E-state index contributed by atoms with van der Waals surface area (Å²) in [7, 11) is 0. The van der Waals surface area contributed by atoms with Crippen LogP contribution in [0.25, 0.3) is 6.08 Å². The minimum atomic E-state index is 0.423. The number of hydrogen-bond donors (Lipinski definition) is 1. The average molecular weight is 233 g/mol. The van der Waals surface area contributed by atoms with Crippen LogP contribution in [-0.4, -0.2) is 0 Å². The zero-order valence-electron chi connectivity index (χ0n) is 10.1. The van der Waals surface area contributed by atoms with Gasteiger partial charge in [0.15, 0.2) is 0 Å². The van der Waals surface area contributed by atoms with Crippen molar-refractivity contribution >= 4 is 11.8 Å². The monoisotopic (exact) mass is 233 g/mol. The lowest BCUT2D eigenvalue weighted by atomic mass is 9.82. The van der Waals surface area contributed by atoms with Crippen molar-refractivity contribution in [1.82, 2.24) is 0 Å². The Kier molecular flexibility index (Phi) is 2.07. The minimum Gasteiger partial charge on any atom is -0.377 e. The van der Waals surface area contributed by atoms with Crippen LogP contribution in [0.1, 0.15) is 35.1 Å². The fourth-order valence-corrected chi connectivity index (χ4v) is 3.27. The van der Waals surface area contributed by atoms with E-state index < -0.39 is 0 Å². The number of allylic oxidation sites excluding steroid dienone is 1. The van der Waals surface area contributed by atoms with Gasteiger partial charge in [-0.2, -0.15) is 0 Å². The van der Waals surface area contributed by atoms with Crippen LogP contribution in [-0.2, 0) is 0 Å². The summed E-state index contributed by atoms with van der Waals surface area (Å²) in [5.41, 5.74) is 5.60. The van der Waals surface area contributed by atoms with E-state index in [4.69, 9.17) is 0 Å². The van der Waals surface area contributed by atoms with Gasteiger partial charge < -0.3 is 5.32 Å². The molecule has 2 unspecified atom stereocenters. The molecule has 2 aromatic rings. The molecular formula is C17H15N. The van der Waals surface area contributed by atoms with E-state index in [0.717, 1.165) is 6.42 Å². The predicted molar refractivity (Wildman–Crippen MR) is 75.6 cm³/mol. The summed E-state index contributed by atoms with van der Waals surface area (Å²) < 4.78 is 0. The molecule has 0 aromatic heterocycles. The minimum absolute atomic E-state index is 0.423. The van der Waals surface area contributed by atoms with Crippen molar-refractivity contribution in [3.8, 4) is 0 Å². The lowest BCUT2D eigenvalue weighted by molar-refractivity contribution is 0.624. The Morgan fingerprint density at radius 3 is 2.72 bits per heavy atom. The maximum atomic E-state index is 3.69. The standard InChI is InChI=1S/C17H15N/c1-2-6-13(7-3-1)17-14-10-4-8-12-9-5-11-15(18-17)16(12)14/h1-9,11,14,17-18H,10H2. The van der Waals surface area contributed by atoms with E-state index in [1.807, 2.05) is 0 Å². The van der Waals surface area contributed by atoms with Crippen LogP contribution in [0.5, 0.6) is 0 Å². The summed E-state index contributed by atoms with van der Waals surface area (Å²) in [5, 5.41) is 3.69. The SMILES string of the molecule is C1=Cc2cccc3c2C(C1)C(c1ccccc1)N3. The van der Waals surface area contributed by atoms with Gasteiger partial charge in [0.05, 0.1) is 6.04 Å². The third-order valence-electron chi connectivity index (χ3n) is 4.07. The van der Waals surface area contributed by atoms with E-state index in [-0.39, 0.29) is 0 Å². The zero-order valence-corrected chi connectivity index (χ0v) is 10.1. The Morgan fingerprint density at radius 2 is 1.83 bits per heavy atom. The van der Waals surface area contributed by atoms with Gasteiger partial charge in [-0.15, -0.1) is 0 Å². The molecule has 0 saturated heterocycles. The van der Waals surface area contributed by atoms with Gasteiger partial charge in [-0.25, -0.2) is 0 Å². The highest BCUT2D eigenvalue weighted by Gasteiger charge is 2.34. The third-order valence-corrected chi connectivity index (χ3v) is 4.07. The molecule has 2 aliphatic rings. The maximum Gasteiger partial charge on any atom is 0.0586 e. The van der Waals surface area contributed by atoms with Crippen molar-refractivity contribution in [2.24, 2.45) is 0 Å². The summed E-state index contributed by atoms with van der Waals surface area (Å²) in [4.78, 5) is 0. The molecule has 1 heteroatoms. The van der Waals surface area contributed by atoms with Crippen LogP contribution < -0.4 is 5.32 Å². The van der Waals surface area contributed by atoms with E-state index in [2.05, 4.69) is 66.0 Å². The summed E-state index contributed by atoms with van der Waals surface area (Å²) in [5.74, 6) is 0.587. The second-order valence-electron chi connectivity index (χ2n) is 5.09. The molecule has 0 spiro atoms. The topological polar surface area (TPSA) is 12.0 Å². The Balaban J connectivity index is 1.84. The summed E-state index contributed by atoms with van der Waals surface area (Å²) in [6.07, 6.45) is 5.70. The molecular weight excluding hydrogens is 218 g/mol. The number of anilines is 1. The van der Waals surface area contributed by atoms with E-state index in [1.54, 1.807) is 0 Å². The molecule has 0 radical (unpaired) electrons. The molecule has 2 atom stereocenters. The fourth-order valence-electron chi connectivity index (χ4n) is 3.27. The van der Waals surface area contributed by atoms with E-state index in [0.29, 0.717) is 12.0 Å². The average Bonchev–Trinajstić information content (AvgIpc) is 2.82. The van der Waals surface area contributed by atoms with Crippen LogP contribution >= 0.6 is 0 Å². The molecule has 1 N–H and O–H groups in total. The summed E-state index contributed by atoms with van der Waals surface area (Å²) in [6, 6.07) is 17.8.